The molecule has 4 nitrogen and oxygen atoms in total. The fourth-order valence-corrected chi connectivity index (χ4v) is 2.06. The van der Waals surface area contributed by atoms with Crippen LogP contribution >= 0.6 is 11.6 Å². The number of rotatable bonds is 2. The van der Waals surface area contributed by atoms with Crippen molar-refractivity contribution in [3.63, 3.8) is 0 Å². The van der Waals surface area contributed by atoms with Crippen LogP contribution < -0.4 is 9.47 Å². The monoisotopic (exact) mass is 256 g/mol. The van der Waals surface area contributed by atoms with Crippen molar-refractivity contribution in [2.24, 2.45) is 0 Å². The number of aliphatic carboxylic acids is 1. The number of hydrogen-bond acceptors (Lipinski definition) is 3. The first-order valence-electron chi connectivity index (χ1n) is 5.42. The molecule has 0 radical (unpaired) electrons. The summed E-state index contributed by atoms with van der Waals surface area (Å²) in [5, 5.41) is 9.32. The summed E-state index contributed by atoms with van der Waals surface area (Å²) in [6.45, 7) is 2.70. The molecule has 5 heteroatoms. The third-order valence-corrected chi connectivity index (χ3v) is 3.11. The van der Waals surface area contributed by atoms with E-state index in [-0.39, 0.29) is 0 Å². The van der Waals surface area contributed by atoms with Crippen molar-refractivity contribution >= 4 is 17.6 Å². The first-order chi connectivity index (χ1) is 8.11. The zero-order valence-corrected chi connectivity index (χ0v) is 10.2. The van der Waals surface area contributed by atoms with Gasteiger partial charge in [-0.2, -0.15) is 0 Å². The minimum Gasteiger partial charge on any atom is -0.490 e. The van der Waals surface area contributed by atoms with Gasteiger partial charge in [0.2, 0.25) is 0 Å². The highest BCUT2D eigenvalue weighted by Crippen LogP contribution is 2.41. The van der Waals surface area contributed by atoms with Crippen LogP contribution in [-0.4, -0.2) is 24.3 Å². The van der Waals surface area contributed by atoms with Crippen LogP contribution in [0, 0.1) is 0 Å². The van der Waals surface area contributed by atoms with E-state index in [4.69, 9.17) is 26.2 Å². The van der Waals surface area contributed by atoms with E-state index in [1.165, 1.54) is 0 Å². The predicted molar refractivity (Wildman–Crippen MR) is 63.1 cm³/mol. The summed E-state index contributed by atoms with van der Waals surface area (Å²) >= 11 is 6.17. The van der Waals surface area contributed by atoms with Gasteiger partial charge < -0.3 is 14.6 Å². The van der Waals surface area contributed by atoms with Crippen LogP contribution in [0.1, 0.15) is 24.8 Å². The lowest BCUT2D eigenvalue weighted by atomic mass is 10.0. The summed E-state index contributed by atoms with van der Waals surface area (Å²) in [5.74, 6) is -0.551. The van der Waals surface area contributed by atoms with E-state index in [1.54, 1.807) is 19.1 Å². The third kappa shape index (κ3) is 2.31. The molecule has 1 aromatic rings. The summed E-state index contributed by atoms with van der Waals surface area (Å²) in [7, 11) is 0. The Labute approximate surface area is 104 Å². The van der Waals surface area contributed by atoms with Crippen LogP contribution in [0.2, 0.25) is 5.02 Å². The minimum atomic E-state index is -0.915. The van der Waals surface area contributed by atoms with Crippen molar-refractivity contribution in [1.82, 2.24) is 0 Å². The van der Waals surface area contributed by atoms with E-state index in [1.807, 2.05) is 0 Å². The molecule has 0 saturated carbocycles. The molecule has 1 aliphatic heterocycles. The van der Waals surface area contributed by atoms with Gasteiger partial charge in [0.05, 0.1) is 24.2 Å². The maximum Gasteiger partial charge on any atom is 0.310 e. The Bertz CT molecular complexity index is 444. The standard InChI is InChI=1S/C12H13ClO4/c1-7(12(14)15)8-3-4-9-11(10(8)13)17-6-2-5-16-9/h3-4,7H,2,5-6H2,1H3,(H,14,15). The average Bonchev–Trinajstić information content (AvgIpc) is 2.54. The van der Waals surface area contributed by atoms with E-state index in [0.29, 0.717) is 35.3 Å². The van der Waals surface area contributed by atoms with Gasteiger partial charge in [0, 0.05) is 6.42 Å². The fourth-order valence-electron chi connectivity index (χ4n) is 1.68. The maximum absolute atomic E-state index is 11.0. The molecular formula is C12H13ClO4. The Hall–Kier alpha value is -1.42. The Kier molecular flexibility index (Phi) is 3.43. The summed E-state index contributed by atoms with van der Waals surface area (Å²) in [6, 6.07) is 3.38. The zero-order chi connectivity index (χ0) is 12.4. The molecule has 1 aromatic carbocycles. The van der Waals surface area contributed by atoms with E-state index < -0.39 is 11.9 Å². The van der Waals surface area contributed by atoms with Gasteiger partial charge in [0.25, 0.3) is 0 Å². The van der Waals surface area contributed by atoms with Crippen LogP contribution in [-0.2, 0) is 4.79 Å². The lowest BCUT2D eigenvalue weighted by Crippen LogP contribution is -2.08. The molecule has 92 valence electrons. The Morgan fingerprint density at radius 1 is 1.41 bits per heavy atom. The fraction of sp³-hybridized carbons (Fsp3) is 0.417. The molecule has 0 spiro atoms. The summed E-state index contributed by atoms with van der Waals surface area (Å²) in [6.07, 6.45) is 0.787. The van der Waals surface area contributed by atoms with Gasteiger partial charge in [-0.05, 0) is 18.6 Å². The number of carboxylic acids is 1. The summed E-state index contributed by atoms with van der Waals surface area (Å²) in [4.78, 5) is 11.0. The number of halogens is 1. The molecule has 1 N–H and O–H groups in total. The maximum atomic E-state index is 11.0. The second kappa shape index (κ2) is 4.84. The molecule has 0 bridgehead atoms. The lowest BCUT2D eigenvalue weighted by molar-refractivity contribution is -0.138. The number of ether oxygens (including phenoxy) is 2. The second-order valence-corrected chi connectivity index (χ2v) is 4.28. The van der Waals surface area contributed by atoms with Gasteiger partial charge in [0.15, 0.2) is 11.5 Å². The summed E-state index contributed by atoms with van der Waals surface area (Å²) in [5.41, 5.74) is 0.545. The molecule has 0 saturated heterocycles. The largest absolute Gasteiger partial charge is 0.490 e. The van der Waals surface area contributed by atoms with Crippen LogP contribution in [0.3, 0.4) is 0 Å². The SMILES string of the molecule is CC(C(=O)O)c1ccc2c(c1Cl)OCCCO2. The molecule has 2 rings (SSSR count). The smallest absolute Gasteiger partial charge is 0.310 e. The predicted octanol–water partition coefficient (Wildman–Crippen LogP) is 2.69. The average molecular weight is 257 g/mol. The van der Waals surface area contributed by atoms with Crippen LogP contribution in [0.5, 0.6) is 11.5 Å². The molecular weight excluding hydrogens is 244 g/mol. The van der Waals surface area contributed by atoms with Gasteiger partial charge in [-0.15, -0.1) is 0 Å². The topological polar surface area (TPSA) is 55.8 Å². The van der Waals surface area contributed by atoms with Gasteiger partial charge in [0.1, 0.15) is 0 Å². The molecule has 0 aromatic heterocycles. The van der Waals surface area contributed by atoms with Crippen molar-refractivity contribution in [1.29, 1.82) is 0 Å². The Morgan fingerprint density at radius 3 is 2.82 bits per heavy atom. The number of fused-ring (bicyclic) bond motifs is 1. The van der Waals surface area contributed by atoms with E-state index in [2.05, 4.69) is 0 Å². The highest BCUT2D eigenvalue weighted by molar-refractivity contribution is 6.33. The molecule has 0 aliphatic carbocycles. The third-order valence-electron chi connectivity index (χ3n) is 2.72. The van der Waals surface area contributed by atoms with Gasteiger partial charge in [-0.25, -0.2) is 0 Å². The van der Waals surface area contributed by atoms with Crippen molar-refractivity contribution in [2.75, 3.05) is 13.2 Å². The van der Waals surface area contributed by atoms with E-state index >= 15 is 0 Å². The molecule has 1 aliphatic rings. The normalized spacial score (nSPS) is 16.1. The van der Waals surface area contributed by atoms with Crippen molar-refractivity contribution in [3.05, 3.63) is 22.7 Å². The Morgan fingerprint density at radius 2 is 2.12 bits per heavy atom. The lowest BCUT2D eigenvalue weighted by Gasteiger charge is -2.14. The van der Waals surface area contributed by atoms with Crippen molar-refractivity contribution in [3.8, 4) is 11.5 Å². The van der Waals surface area contributed by atoms with Crippen LogP contribution in [0.15, 0.2) is 12.1 Å². The minimum absolute atomic E-state index is 0.333. The number of hydrogen-bond donors (Lipinski definition) is 1. The first kappa shape index (κ1) is 12.0. The highest BCUT2D eigenvalue weighted by Gasteiger charge is 2.23. The molecule has 1 unspecified atom stereocenters. The summed E-state index contributed by atoms with van der Waals surface area (Å²) < 4.78 is 11.0. The van der Waals surface area contributed by atoms with Crippen molar-refractivity contribution < 1.29 is 19.4 Å². The number of carboxylic acid groups (broad SMARTS) is 1. The number of carbonyl (C=O) groups is 1. The second-order valence-electron chi connectivity index (χ2n) is 3.91. The van der Waals surface area contributed by atoms with E-state index in [9.17, 15) is 4.79 Å². The first-order valence-corrected chi connectivity index (χ1v) is 5.80. The van der Waals surface area contributed by atoms with E-state index in [0.717, 1.165) is 6.42 Å². The van der Waals surface area contributed by atoms with Gasteiger partial charge in [-0.1, -0.05) is 17.7 Å². The van der Waals surface area contributed by atoms with Crippen LogP contribution in [0.25, 0.3) is 0 Å². The highest BCUT2D eigenvalue weighted by atomic mass is 35.5. The quantitative estimate of drug-likeness (QED) is 0.884. The molecule has 0 amide bonds. The molecule has 0 fully saturated rings. The van der Waals surface area contributed by atoms with Crippen LogP contribution in [0.4, 0.5) is 0 Å². The van der Waals surface area contributed by atoms with Gasteiger partial charge >= 0.3 is 5.97 Å². The van der Waals surface area contributed by atoms with Gasteiger partial charge in [-0.3, -0.25) is 4.79 Å². The molecule has 1 atom stereocenters. The zero-order valence-electron chi connectivity index (χ0n) is 9.40. The van der Waals surface area contributed by atoms with Crippen molar-refractivity contribution in [2.45, 2.75) is 19.3 Å². The Balaban J connectivity index is 2.44. The molecule has 1 heterocycles. The number of benzene rings is 1. The molecule has 17 heavy (non-hydrogen) atoms.